The van der Waals surface area contributed by atoms with Crippen molar-refractivity contribution in [1.29, 1.82) is 0 Å². The summed E-state index contributed by atoms with van der Waals surface area (Å²) in [5.74, 6) is -0.545. The third-order valence-corrected chi connectivity index (χ3v) is 3.83. The van der Waals surface area contributed by atoms with Crippen LogP contribution in [0.2, 0.25) is 0 Å². The van der Waals surface area contributed by atoms with Crippen molar-refractivity contribution in [3.8, 4) is 5.75 Å². The summed E-state index contributed by atoms with van der Waals surface area (Å²) in [5.41, 5.74) is 0.332. The molecule has 0 aromatic heterocycles. The highest BCUT2D eigenvalue weighted by atomic mass is 79.9. The van der Waals surface area contributed by atoms with Crippen LogP contribution in [0.1, 0.15) is 12.5 Å². The lowest BCUT2D eigenvalue weighted by Crippen LogP contribution is -2.36. The number of halogens is 2. The number of benzene rings is 2. The zero-order valence-electron chi connectivity index (χ0n) is 12.7. The number of para-hydroxylation sites is 1. The summed E-state index contributed by atoms with van der Waals surface area (Å²) in [5, 5.41) is 13.5. The summed E-state index contributed by atoms with van der Waals surface area (Å²) in [7, 11) is 0. The third kappa shape index (κ3) is 4.51. The van der Waals surface area contributed by atoms with E-state index in [0.29, 0.717) is 15.8 Å². The van der Waals surface area contributed by atoms with E-state index in [1.54, 1.807) is 18.2 Å². The van der Waals surface area contributed by atoms with E-state index in [-0.39, 0.29) is 12.2 Å². The van der Waals surface area contributed by atoms with E-state index in [1.165, 1.54) is 31.2 Å². The van der Waals surface area contributed by atoms with Crippen LogP contribution < -0.4 is 10.1 Å². The van der Waals surface area contributed by atoms with Gasteiger partial charge in [-0.15, -0.1) is 0 Å². The Kier molecular flexibility index (Phi) is 5.86. The first-order chi connectivity index (χ1) is 11.4. The number of hydrogen-bond donors (Lipinski definition) is 1. The van der Waals surface area contributed by atoms with E-state index in [1.807, 2.05) is 0 Å². The van der Waals surface area contributed by atoms with Gasteiger partial charge >= 0.3 is 0 Å². The number of nitrogens with one attached hydrogen (secondary N) is 1. The Bertz CT molecular complexity index is 769. The quantitative estimate of drug-likeness (QED) is 0.597. The molecule has 0 radical (unpaired) electrons. The minimum atomic E-state index is -0.852. The number of amides is 1. The van der Waals surface area contributed by atoms with Crippen molar-refractivity contribution < 1.29 is 18.8 Å². The molecule has 1 amide bonds. The number of hydrogen-bond acceptors (Lipinski definition) is 4. The van der Waals surface area contributed by atoms with Crippen LogP contribution in [0.5, 0.6) is 5.75 Å². The predicted octanol–water partition coefficient (Wildman–Crippen LogP) is 3.58. The second-order valence-corrected chi connectivity index (χ2v) is 5.79. The molecule has 8 heteroatoms. The third-order valence-electron chi connectivity index (χ3n) is 3.21. The molecule has 0 saturated carbocycles. The lowest BCUT2D eigenvalue weighted by atomic mass is 10.2. The second-order valence-electron chi connectivity index (χ2n) is 4.94. The fourth-order valence-electron chi connectivity index (χ4n) is 1.98. The van der Waals surface area contributed by atoms with E-state index >= 15 is 0 Å². The van der Waals surface area contributed by atoms with Gasteiger partial charge in [0.1, 0.15) is 11.6 Å². The largest absolute Gasteiger partial charge is 0.480 e. The molecule has 0 fully saturated rings. The van der Waals surface area contributed by atoms with Gasteiger partial charge in [-0.25, -0.2) is 4.39 Å². The van der Waals surface area contributed by atoms with Crippen molar-refractivity contribution in [1.82, 2.24) is 5.32 Å². The summed E-state index contributed by atoms with van der Waals surface area (Å²) in [6.07, 6.45) is -0.852. The Morgan fingerprint density at radius 3 is 2.75 bits per heavy atom. The molecule has 0 spiro atoms. The van der Waals surface area contributed by atoms with Crippen LogP contribution in [0, 0.1) is 15.9 Å². The Morgan fingerprint density at radius 2 is 2.08 bits per heavy atom. The number of nitrogens with zero attached hydrogens (tertiary/aromatic N) is 1. The molecule has 2 aromatic carbocycles. The van der Waals surface area contributed by atoms with Crippen LogP contribution in [0.3, 0.4) is 0 Å². The average Bonchev–Trinajstić information content (AvgIpc) is 2.55. The molecule has 6 nitrogen and oxygen atoms in total. The van der Waals surface area contributed by atoms with Crippen molar-refractivity contribution in [3.05, 3.63) is 68.4 Å². The normalized spacial score (nSPS) is 11.6. The zero-order chi connectivity index (χ0) is 17.7. The van der Waals surface area contributed by atoms with E-state index in [2.05, 4.69) is 21.2 Å². The summed E-state index contributed by atoms with van der Waals surface area (Å²) >= 11 is 3.15. The van der Waals surface area contributed by atoms with Crippen molar-refractivity contribution in [2.45, 2.75) is 19.6 Å². The minimum Gasteiger partial charge on any atom is -0.480 e. The van der Waals surface area contributed by atoms with Gasteiger partial charge in [0.15, 0.2) is 6.10 Å². The van der Waals surface area contributed by atoms with Gasteiger partial charge in [0.05, 0.1) is 9.40 Å². The molecule has 2 rings (SSSR count). The Labute approximate surface area is 145 Å². The molecular weight excluding hydrogens is 383 g/mol. The molecule has 1 N–H and O–H groups in total. The summed E-state index contributed by atoms with van der Waals surface area (Å²) in [6, 6.07) is 10.0. The maximum Gasteiger partial charge on any atom is 0.274 e. The zero-order valence-corrected chi connectivity index (χ0v) is 14.2. The summed E-state index contributed by atoms with van der Waals surface area (Å²) in [4.78, 5) is 22.5. The molecular formula is C16H14BrFN2O4. The fraction of sp³-hybridized carbons (Fsp3) is 0.188. The van der Waals surface area contributed by atoms with Crippen LogP contribution in [-0.4, -0.2) is 16.9 Å². The highest BCUT2D eigenvalue weighted by Gasteiger charge is 2.18. The fourth-order valence-corrected chi connectivity index (χ4v) is 2.42. The predicted molar refractivity (Wildman–Crippen MR) is 89.1 cm³/mol. The van der Waals surface area contributed by atoms with Crippen molar-refractivity contribution in [2.24, 2.45) is 0 Å². The molecule has 1 atom stereocenters. The molecule has 126 valence electrons. The first kappa shape index (κ1) is 17.9. The molecule has 0 bridgehead atoms. The van der Waals surface area contributed by atoms with E-state index in [9.17, 15) is 19.3 Å². The molecule has 1 unspecified atom stereocenters. The smallest absolute Gasteiger partial charge is 0.274 e. The summed E-state index contributed by atoms with van der Waals surface area (Å²) < 4.78 is 18.9. The molecule has 2 aromatic rings. The maximum absolute atomic E-state index is 13.0. The van der Waals surface area contributed by atoms with Gasteiger partial charge in [-0.3, -0.25) is 14.9 Å². The Balaban J connectivity index is 1.98. The maximum atomic E-state index is 13.0. The average molecular weight is 397 g/mol. The first-order valence-corrected chi connectivity index (χ1v) is 7.79. The minimum absolute atomic E-state index is 0.00821. The van der Waals surface area contributed by atoms with E-state index < -0.39 is 22.8 Å². The standard InChI is InChI=1S/C16H14BrFN2O4/c1-10(24-15-7-6-12(18)8-13(15)17)16(21)19-9-11-4-2-3-5-14(11)20(22)23/h2-8,10H,9H2,1H3,(H,19,21). The van der Waals surface area contributed by atoms with Crippen LogP contribution in [0.15, 0.2) is 46.9 Å². The van der Waals surface area contributed by atoms with Crippen LogP contribution in [0.25, 0.3) is 0 Å². The Morgan fingerprint density at radius 1 is 1.38 bits per heavy atom. The van der Waals surface area contributed by atoms with E-state index in [4.69, 9.17) is 4.74 Å². The second kappa shape index (κ2) is 7.87. The SMILES string of the molecule is CC(Oc1ccc(F)cc1Br)C(=O)NCc1ccccc1[N+](=O)[O-]. The molecule has 24 heavy (non-hydrogen) atoms. The van der Waals surface area contributed by atoms with Gasteiger partial charge in [-0.1, -0.05) is 18.2 Å². The number of nitro groups is 1. The number of carbonyl (C=O) groups is 1. The molecule has 0 aliphatic heterocycles. The molecule has 0 aliphatic carbocycles. The van der Waals surface area contributed by atoms with Crippen molar-refractivity contribution in [3.63, 3.8) is 0 Å². The lowest BCUT2D eigenvalue weighted by Gasteiger charge is -2.15. The highest BCUT2D eigenvalue weighted by Crippen LogP contribution is 2.26. The summed E-state index contributed by atoms with van der Waals surface area (Å²) in [6.45, 7) is 1.54. The van der Waals surface area contributed by atoms with Gasteiger partial charge in [0.25, 0.3) is 11.6 Å². The lowest BCUT2D eigenvalue weighted by molar-refractivity contribution is -0.385. The topological polar surface area (TPSA) is 81.5 Å². The van der Waals surface area contributed by atoms with Crippen LogP contribution in [0.4, 0.5) is 10.1 Å². The van der Waals surface area contributed by atoms with Gasteiger partial charge in [-0.2, -0.15) is 0 Å². The van der Waals surface area contributed by atoms with Gasteiger partial charge in [0.2, 0.25) is 0 Å². The number of carbonyl (C=O) groups excluding carboxylic acids is 1. The molecule has 0 saturated heterocycles. The molecule has 0 heterocycles. The highest BCUT2D eigenvalue weighted by molar-refractivity contribution is 9.10. The van der Waals surface area contributed by atoms with Crippen molar-refractivity contribution >= 4 is 27.5 Å². The van der Waals surface area contributed by atoms with Gasteiger partial charge in [0, 0.05) is 18.2 Å². The monoisotopic (exact) mass is 396 g/mol. The van der Waals surface area contributed by atoms with E-state index in [0.717, 1.165) is 0 Å². The van der Waals surface area contributed by atoms with Crippen LogP contribution in [-0.2, 0) is 11.3 Å². The number of ether oxygens (including phenoxy) is 1. The van der Waals surface area contributed by atoms with Crippen LogP contribution >= 0.6 is 15.9 Å². The first-order valence-electron chi connectivity index (χ1n) is 7.00. The van der Waals surface area contributed by atoms with Crippen molar-refractivity contribution in [2.75, 3.05) is 0 Å². The Hall–Kier alpha value is -2.48. The number of nitro benzene ring substituents is 1. The number of rotatable bonds is 6. The van der Waals surface area contributed by atoms with Gasteiger partial charge < -0.3 is 10.1 Å². The molecule has 0 aliphatic rings. The van der Waals surface area contributed by atoms with Gasteiger partial charge in [-0.05, 0) is 41.1 Å².